The third kappa shape index (κ3) is 2.24. The lowest BCUT2D eigenvalue weighted by Crippen LogP contribution is -2.26. The SMILES string of the molecule is C[C@H]1CCCN1Cc1cc2ncc(Br)cc2[nH]1. The standard InChI is InChI=1S/C13H16BrN3/c1-9-3-2-4-17(9)8-11-6-12-13(16-11)5-10(14)7-15-12/h5-7,9,16H,2-4,8H2,1H3/t9-/m0/s1. The summed E-state index contributed by atoms with van der Waals surface area (Å²) >= 11 is 3.45. The Balaban J connectivity index is 1.85. The van der Waals surface area contributed by atoms with E-state index in [9.17, 15) is 0 Å². The van der Waals surface area contributed by atoms with Crippen LogP contribution in [0.3, 0.4) is 0 Å². The van der Waals surface area contributed by atoms with Gasteiger partial charge in [0.15, 0.2) is 0 Å². The van der Waals surface area contributed by atoms with Gasteiger partial charge in [-0.3, -0.25) is 9.88 Å². The normalized spacial score (nSPS) is 21.4. The zero-order chi connectivity index (χ0) is 11.8. The number of hydrogen-bond acceptors (Lipinski definition) is 2. The molecule has 0 bridgehead atoms. The number of fused-ring (bicyclic) bond motifs is 1. The van der Waals surface area contributed by atoms with E-state index in [4.69, 9.17) is 0 Å². The fourth-order valence-corrected chi connectivity index (χ4v) is 2.90. The van der Waals surface area contributed by atoms with Crippen molar-refractivity contribution in [2.75, 3.05) is 6.54 Å². The Labute approximate surface area is 109 Å². The van der Waals surface area contributed by atoms with Gasteiger partial charge >= 0.3 is 0 Å². The molecule has 0 aliphatic carbocycles. The lowest BCUT2D eigenvalue weighted by atomic mass is 10.2. The second kappa shape index (κ2) is 4.42. The van der Waals surface area contributed by atoms with E-state index in [0.29, 0.717) is 6.04 Å². The molecule has 4 heteroatoms. The Hall–Kier alpha value is -0.870. The molecule has 17 heavy (non-hydrogen) atoms. The number of H-pyrrole nitrogens is 1. The molecule has 1 atom stereocenters. The first kappa shape index (κ1) is 11.2. The highest BCUT2D eigenvalue weighted by molar-refractivity contribution is 9.10. The summed E-state index contributed by atoms with van der Waals surface area (Å²) in [5, 5.41) is 0. The van der Waals surface area contributed by atoms with E-state index in [-0.39, 0.29) is 0 Å². The maximum atomic E-state index is 4.40. The lowest BCUT2D eigenvalue weighted by molar-refractivity contribution is 0.258. The van der Waals surface area contributed by atoms with Gasteiger partial charge in [-0.2, -0.15) is 0 Å². The number of likely N-dealkylation sites (tertiary alicyclic amines) is 1. The van der Waals surface area contributed by atoms with Crippen molar-refractivity contribution in [2.45, 2.75) is 32.4 Å². The first-order valence-corrected chi connectivity index (χ1v) is 6.89. The highest BCUT2D eigenvalue weighted by Gasteiger charge is 2.20. The third-order valence-corrected chi connectivity index (χ3v) is 3.99. The summed E-state index contributed by atoms with van der Waals surface area (Å²) < 4.78 is 1.02. The summed E-state index contributed by atoms with van der Waals surface area (Å²) in [6.45, 7) is 4.54. The van der Waals surface area contributed by atoms with Crippen LogP contribution in [0, 0.1) is 0 Å². The molecule has 1 aliphatic rings. The number of hydrogen-bond donors (Lipinski definition) is 1. The van der Waals surface area contributed by atoms with Gasteiger partial charge in [-0.15, -0.1) is 0 Å². The zero-order valence-electron chi connectivity index (χ0n) is 9.91. The summed E-state index contributed by atoms with van der Waals surface area (Å²) in [5.41, 5.74) is 3.43. The predicted molar refractivity (Wildman–Crippen MR) is 72.9 cm³/mol. The first-order valence-electron chi connectivity index (χ1n) is 6.09. The monoisotopic (exact) mass is 293 g/mol. The molecule has 1 N–H and O–H groups in total. The molecular weight excluding hydrogens is 278 g/mol. The van der Waals surface area contributed by atoms with Gasteiger partial charge in [0, 0.05) is 29.0 Å². The van der Waals surface area contributed by atoms with Crippen LogP contribution in [0.5, 0.6) is 0 Å². The highest BCUT2D eigenvalue weighted by Crippen LogP contribution is 2.22. The Morgan fingerprint density at radius 1 is 1.53 bits per heavy atom. The minimum absolute atomic E-state index is 0.709. The van der Waals surface area contributed by atoms with Gasteiger partial charge in [0.25, 0.3) is 0 Å². The van der Waals surface area contributed by atoms with Crippen LogP contribution >= 0.6 is 15.9 Å². The first-order chi connectivity index (χ1) is 8.22. The topological polar surface area (TPSA) is 31.9 Å². The molecule has 1 aliphatic heterocycles. The molecule has 3 nitrogen and oxygen atoms in total. The molecule has 0 aromatic carbocycles. The molecule has 0 radical (unpaired) electrons. The summed E-state index contributed by atoms with van der Waals surface area (Å²) in [6.07, 6.45) is 4.49. The van der Waals surface area contributed by atoms with E-state index in [2.05, 4.69) is 49.9 Å². The van der Waals surface area contributed by atoms with E-state index in [1.807, 2.05) is 6.20 Å². The van der Waals surface area contributed by atoms with Crippen LogP contribution in [-0.4, -0.2) is 27.5 Å². The molecule has 2 aromatic rings. The summed E-state index contributed by atoms with van der Waals surface area (Å²) in [5.74, 6) is 0. The van der Waals surface area contributed by atoms with Gasteiger partial charge in [0.1, 0.15) is 0 Å². The molecule has 90 valence electrons. The Kier molecular flexibility index (Phi) is 2.92. The summed E-state index contributed by atoms with van der Waals surface area (Å²) in [6, 6.07) is 4.95. The number of aromatic amines is 1. The number of nitrogens with one attached hydrogen (secondary N) is 1. The maximum absolute atomic E-state index is 4.40. The van der Waals surface area contributed by atoms with Crippen molar-refractivity contribution < 1.29 is 0 Å². The van der Waals surface area contributed by atoms with Gasteiger partial charge in [-0.25, -0.2) is 0 Å². The minimum Gasteiger partial charge on any atom is -0.356 e. The molecule has 0 amide bonds. The van der Waals surface area contributed by atoms with E-state index in [1.54, 1.807) is 0 Å². The average Bonchev–Trinajstić information content (AvgIpc) is 2.85. The fourth-order valence-electron chi connectivity index (χ4n) is 2.57. The molecule has 3 rings (SSSR count). The van der Waals surface area contributed by atoms with E-state index in [0.717, 1.165) is 22.1 Å². The molecule has 1 saturated heterocycles. The van der Waals surface area contributed by atoms with Crippen LogP contribution in [0.25, 0.3) is 11.0 Å². The van der Waals surface area contributed by atoms with Crippen molar-refractivity contribution in [3.05, 3.63) is 28.5 Å². The van der Waals surface area contributed by atoms with Gasteiger partial charge in [-0.1, -0.05) is 0 Å². The number of pyridine rings is 1. The van der Waals surface area contributed by atoms with Crippen molar-refractivity contribution in [3.63, 3.8) is 0 Å². The smallest absolute Gasteiger partial charge is 0.0883 e. The summed E-state index contributed by atoms with van der Waals surface area (Å²) in [4.78, 5) is 10.4. The Morgan fingerprint density at radius 3 is 3.18 bits per heavy atom. The second-order valence-electron chi connectivity index (χ2n) is 4.84. The van der Waals surface area contributed by atoms with Crippen molar-refractivity contribution in [2.24, 2.45) is 0 Å². The molecule has 2 aromatic heterocycles. The minimum atomic E-state index is 0.709. The number of aromatic nitrogens is 2. The average molecular weight is 294 g/mol. The van der Waals surface area contributed by atoms with Crippen LogP contribution in [0.2, 0.25) is 0 Å². The zero-order valence-corrected chi connectivity index (χ0v) is 11.5. The largest absolute Gasteiger partial charge is 0.356 e. The van der Waals surface area contributed by atoms with Crippen LogP contribution in [0.15, 0.2) is 22.8 Å². The fraction of sp³-hybridized carbons (Fsp3) is 0.462. The van der Waals surface area contributed by atoms with E-state index >= 15 is 0 Å². The van der Waals surface area contributed by atoms with Gasteiger partial charge in [0.2, 0.25) is 0 Å². The van der Waals surface area contributed by atoms with Crippen molar-refractivity contribution in [3.8, 4) is 0 Å². The quantitative estimate of drug-likeness (QED) is 0.921. The van der Waals surface area contributed by atoms with E-state index in [1.165, 1.54) is 25.1 Å². The van der Waals surface area contributed by atoms with Crippen molar-refractivity contribution in [1.82, 2.24) is 14.9 Å². The number of rotatable bonds is 2. The molecule has 0 unspecified atom stereocenters. The van der Waals surface area contributed by atoms with Crippen LogP contribution < -0.4 is 0 Å². The van der Waals surface area contributed by atoms with Gasteiger partial charge < -0.3 is 4.98 Å². The Bertz CT molecular complexity index is 534. The van der Waals surface area contributed by atoms with Gasteiger partial charge in [-0.05, 0) is 54.4 Å². The maximum Gasteiger partial charge on any atom is 0.0883 e. The molecule has 1 fully saturated rings. The van der Waals surface area contributed by atoms with Gasteiger partial charge in [0.05, 0.1) is 11.0 Å². The van der Waals surface area contributed by atoms with E-state index < -0.39 is 0 Å². The van der Waals surface area contributed by atoms with Crippen LogP contribution in [0.1, 0.15) is 25.5 Å². The lowest BCUT2D eigenvalue weighted by Gasteiger charge is -2.19. The van der Waals surface area contributed by atoms with Crippen molar-refractivity contribution in [1.29, 1.82) is 0 Å². The van der Waals surface area contributed by atoms with Crippen LogP contribution in [-0.2, 0) is 6.54 Å². The summed E-state index contributed by atoms with van der Waals surface area (Å²) in [7, 11) is 0. The third-order valence-electron chi connectivity index (χ3n) is 3.56. The highest BCUT2D eigenvalue weighted by atomic mass is 79.9. The predicted octanol–water partition coefficient (Wildman–Crippen LogP) is 3.31. The van der Waals surface area contributed by atoms with Crippen LogP contribution in [0.4, 0.5) is 0 Å². The molecule has 0 saturated carbocycles. The number of nitrogens with zero attached hydrogens (tertiary/aromatic N) is 2. The molecule has 3 heterocycles. The van der Waals surface area contributed by atoms with Crippen molar-refractivity contribution >= 4 is 27.0 Å². The number of halogens is 1. The second-order valence-corrected chi connectivity index (χ2v) is 5.76. The Morgan fingerprint density at radius 2 is 2.41 bits per heavy atom. The molecule has 0 spiro atoms. The molecular formula is C13H16BrN3.